The molecule has 0 saturated carbocycles. The minimum absolute atomic E-state index is 0.192. The standard InChI is InChI=1S/C18H21N3O/c1-3-14(2)20-21-18(22)16-9-11-17(12-10-16)19-13-15-7-5-4-6-8-15/h4-12,19H,3,13H2,1-2H3,(H,21,22)/b20-14-. The minimum atomic E-state index is -0.192. The zero-order valence-electron chi connectivity index (χ0n) is 13.0. The molecule has 0 aliphatic carbocycles. The maximum atomic E-state index is 11.9. The predicted octanol–water partition coefficient (Wildman–Crippen LogP) is 3.81. The molecule has 0 fully saturated rings. The summed E-state index contributed by atoms with van der Waals surface area (Å²) in [5.41, 5.74) is 6.25. The van der Waals surface area contributed by atoms with Gasteiger partial charge in [-0.05, 0) is 43.2 Å². The molecule has 0 heterocycles. The van der Waals surface area contributed by atoms with E-state index >= 15 is 0 Å². The van der Waals surface area contributed by atoms with E-state index in [0.29, 0.717) is 5.56 Å². The fraction of sp³-hybridized carbons (Fsp3) is 0.222. The molecule has 4 heteroatoms. The van der Waals surface area contributed by atoms with Crippen molar-refractivity contribution in [2.45, 2.75) is 26.8 Å². The van der Waals surface area contributed by atoms with Crippen molar-refractivity contribution in [2.75, 3.05) is 5.32 Å². The molecule has 0 aromatic heterocycles. The topological polar surface area (TPSA) is 53.5 Å². The van der Waals surface area contributed by atoms with Gasteiger partial charge in [-0.1, -0.05) is 37.3 Å². The smallest absolute Gasteiger partial charge is 0.271 e. The highest BCUT2D eigenvalue weighted by Crippen LogP contribution is 2.11. The van der Waals surface area contributed by atoms with E-state index in [1.165, 1.54) is 5.56 Å². The van der Waals surface area contributed by atoms with Gasteiger partial charge in [0.1, 0.15) is 0 Å². The Balaban J connectivity index is 1.91. The first-order valence-electron chi connectivity index (χ1n) is 7.40. The summed E-state index contributed by atoms with van der Waals surface area (Å²) in [5.74, 6) is -0.192. The third kappa shape index (κ3) is 4.74. The zero-order chi connectivity index (χ0) is 15.8. The molecule has 0 spiro atoms. The molecule has 0 aliphatic rings. The molecule has 114 valence electrons. The van der Waals surface area contributed by atoms with Crippen molar-refractivity contribution in [1.29, 1.82) is 0 Å². The highest BCUT2D eigenvalue weighted by molar-refractivity contribution is 5.95. The molecule has 22 heavy (non-hydrogen) atoms. The predicted molar refractivity (Wildman–Crippen MR) is 91.1 cm³/mol. The monoisotopic (exact) mass is 295 g/mol. The van der Waals surface area contributed by atoms with E-state index in [1.807, 2.05) is 44.2 Å². The van der Waals surface area contributed by atoms with Crippen LogP contribution in [0.5, 0.6) is 0 Å². The van der Waals surface area contributed by atoms with E-state index in [2.05, 4.69) is 28.0 Å². The Morgan fingerprint density at radius 1 is 1.05 bits per heavy atom. The third-order valence-electron chi connectivity index (χ3n) is 3.35. The quantitative estimate of drug-likeness (QED) is 0.629. The summed E-state index contributed by atoms with van der Waals surface area (Å²) < 4.78 is 0. The molecule has 4 nitrogen and oxygen atoms in total. The average Bonchev–Trinajstić information content (AvgIpc) is 2.59. The number of hydrogen-bond donors (Lipinski definition) is 2. The number of carbonyl (C=O) groups is 1. The number of hydrazone groups is 1. The van der Waals surface area contributed by atoms with Crippen molar-refractivity contribution >= 4 is 17.3 Å². The van der Waals surface area contributed by atoms with Gasteiger partial charge < -0.3 is 5.32 Å². The van der Waals surface area contributed by atoms with Crippen molar-refractivity contribution < 1.29 is 4.79 Å². The Morgan fingerprint density at radius 3 is 2.36 bits per heavy atom. The molecule has 0 bridgehead atoms. The van der Waals surface area contributed by atoms with Crippen LogP contribution in [0.4, 0.5) is 5.69 Å². The highest BCUT2D eigenvalue weighted by Gasteiger charge is 2.04. The Kier molecular flexibility index (Phi) is 5.72. The Bertz CT molecular complexity index is 633. The van der Waals surface area contributed by atoms with Crippen LogP contribution in [0.3, 0.4) is 0 Å². The van der Waals surface area contributed by atoms with Crippen LogP contribution < -0.4 is 10.7 Å². The van der Waals surface area contributed by atoms with E-state index in [9.17, 15) is 4.79 Å². The molecular formula is C18H21N3O. The highest BCUT2D eigenvalue weighted by atomic mass is 16.2. The number of benzene rings is 2. The summed E-state index contributed by atoms with van der Waals surface area (Å²) in [4.78, 5) is 11.9. The molecule has 0 radical (unpaired) electrons. The molecule has 0 aliphatic heterocycles. The van der Waals surface area contributed by atoms with Crippen LogP contribution >= 0.6 is 0 Å². The molecule has 2 N–H and O–H groups in total. The number of amides is 1. The number of hydrogen-bond acceptors (Lipinski definition) is 3. The first-order valence-corrected chi connectivity index (χ1v) is 7.40. The van der Waals surface area contributed by atoms with Gasteiger partial charge in [-0.15, -0.1) is 0 Å². The number of nitrogens with one attached hydrogen (secondary N) is 2. The lowest BCUT2D eigenvalue weighted by Gasteiger charge is -2.07. The van der Waals surface area contributed by atoms with Crippen molar-refractivity contribution in [1.82, 2.24) is 5.43 Å². The normalized spacial score (nSPS) is 11.1. The van der Waals surface area contributed by atoms with Crippen LogP contribution in [0.2, 0.25) is 0 Å². The van der Waals surface area contributed by atoms with Gasteiger partial charge in [0.25, 0.3) is 5.91 Å². The van der Waals surface area contributed by atoms with Gasteiger partial charge in [0, 0.05) is 23.5 Å². The maximum Gasteiger partial charge on any atom is 0.271 e. The van der Waals surface area contributed by atoms with Gasteiger partial charge in [0.05, 0.1) is 0 Å². The summed E-state index contributed by atoms with van der Waals surface area (Å²) in [5, 5.41) is 7.35. The fourth-order valence-electron chi connectivity index (χ4n) is 1.83. The number of anilines is 1. The van der Waals surface area contributed by atoms with Gasteiger partial charge in [-0.2, -0.15) is 5.10 Å². The molecule has 2 rings (SSSR count). The van der Waals surface area contributed by atoms with Crippen LogP contribution in [-0.2, 0) is 6.54 Å². The van der Waals surface area contributed by atoms with Crippen molar-refractivity contribution in [3.63, 3.8) is 0 Å². The molecule has 0 unspecified atom stereocenters. The van der Waals surface area contributed by atoms with Gasteiger partial charge >= 0.3 is 0 Å². The average molecular weight is 295 g/mol. The van der Waals surface area contributed by atoms with Gasteiger partial charge in [-0.3, -0.25) is 4.79 Å². The number of nitrogens with zero attached hydrogens (tertiary/aromatic N) is 1. The molecule has 2 aromatic rings. The first kappa shape index (κ1) is 15.8. The second-order valence-corrected chi connectivity index (χ2v) is 5.06. The Morgan fingerprint density at radius 2 is 1.73 bits per heavy atom. The van der Waals surface area contributed by atoms with Crippen LogP contribution in [0.15, 0.2) is 59.7 Å². The largest absolute Gasteiger partial charge is 0.381 e. The van der Waals surface area contributed by atoms with Gasteiger partial charge in [0.2, 0.25) is 0 Å². The minimum Gasteiger partial charge on any atom is -0.381 e. The van der Waals surface area contributed by atoms with E-state index in [0.717, 1.165) is 24.4 Å². The van der Waals surface area contributed by atoms with E-state index < -0.39 is 0 Å². The lowest BCUT2D eigenvalue weighted by Crippen LogP contribution is -2.18. The van der Waals surface area contributed by atoms with Gasteiger partial charge in [-0.25, -0.2) is 5.43 Å². The first-order chi connectivity index (χ1) is 10.7. The molecule has 0 atom stereocenters. The molecule has 2 aromatic carbocycles. The SMILES string of the molecule is CC/C(C)=N\NC(=O)c1ccc(NCc2ccccc2)cc1. The summed E-state index contributed by atoms with van der Waals surface area (Å²) in [7, 11) is 0. The van der Waals surface area contributed by atoms with Crippen molar-refractivity contribution in [2.24, 2.45) is 5.10 Å². The van der Waals surface area contributed by atoms with E-state index in [1.54, 1.807) is 12.1 Å². The second kappa shape index (κ2) is 7.98. The summed E-state index contributed by atoms with van der Waals surface area (Å²) in [6.07, 6.45) is 0.822. The Hall–Kier alpha value is -2.62. The van der Waals surface area contributed by atoms with Crippen LogP contribution in [-0.4, -0.2) is 11.6 Å². The van der Waals surface area contributed by atoms with E-state index in [-0.39, 0.29) is 5.91 Å². The number of carbonyl (C=O) groups excluding carboxylic acids is 1. The van der Waals surface area contributed by atoms with Crippen LogP contribution in [0.1, 0.15) is 36.2 Å². The second-order valence-electron chi connectivity index (χ2n) is 5.06. The third-order valence-corrected chi connectivity index (χ3v) is 3.35. The molecular weight excluding hydrogens is 274 g/mol. The lowest BCUT2D eigenvalue weighted by atomic mass is 10.2. The van der Waals surface area contributed by atoms with Crippen molar-refractivity contribution in [3.05, 3.63) is 65.7 Å². The number of rotatable bonds is 6. The van der Waals surface area contributed by atoms with Gasteiger partial charge in [0.15, 0.2) is 0 Å². The zero-order valence-corrected chi connectivity index (χ0v) is 13.0. The Labute approximate surface area is 131 Å². The summed E-state index contributed by atoms with van der Waals surface area (Å²) in [6.45, 7) is 4.64. The lowest BCUT2D eigenvalue weighted by molar-refractivity contribution is 0.0954. The molecule has 0 saturated heterocycles. The van der Waals surface area contributed by atoms with Crippen molar-refractivity contribution in [3.8, 4) is 0 Å². The summed E-state index contributed by atoms with van der Waals surface area (Å²) in [6, 6.07) is 17.6. The maximum absolute atomic E-state index is 11.9. The van der Waals surface area contributed by atoms with Crippen LogP contribution in [0, 0.1) is 0 Å². The fourth-order valence-corrected chi connectivity index (χ4v) is 1.83. The molecule has 1 amide bonds. The van der Waals surface area contributed by atoms with Crippen LogP contribution in [0.25, 0.3) is 0 Å². The van der Waals surface area contributed by atoms with E-state index in [4.69, 9.17) is 0 Å². The summed E-state index contributed by atoms with van der Waals surface area (Å²) >= 11 is 0.